The van der Waals surface area contributed by atoms with Gasteiger partial charge in [-0.2, -0.15) is 0 Å². The Balaban J connectivity index is 2.08. The molecule has 10 nitrogen and oxygen atoms in total. The zero-order valence-electron chi connectivity index (χ0n) is 27.2. The maximum Gasteiger partial charge on any atom is 0.329 e. The van der Waals surface area contributed by atoms with Gasteiger partial charge in [0, 0.05) is 12.8 Å². The fourth-order valence-corrected chi connectivity index (χ4v) is 5.25. The lowest BCUT2D eigenvalue weighted by atomic mass is 9.98. The van der Waals surface area contributed by atoms with E-state index in [4.69, 9.17) is 4.74 Å². The highest BCUT2D eigenvalue weighted by Crippen LogP contribution is 2.16. The van der Waals surface area contributed by atoms with Crippen molar-refractivity contribution >= 4 is 29.6 Å². The molecular formula is C35H48N4O6. The minimum absolute atomic E-state index is 0.0170. The molecule has 0 spiro atoms. The number of hydrogen-bond donors (Lipinski definition) is 4. The average Bonchev–Trinajstić information content (AvgIpc) is 2.98. The van der Waals surface area contributed by atoms with Crippen LogP contribution in [0.3, 0.4) is 0 Å². The van der Waals surface area contributed by atoms with Gasteiger partial charge in [0.05, 0.1) is 0 Å². The Morgan fingerprint density at radius 3 is 1.53 bits per heavy atom. The van der Waals surface area contributed by atoms with E-state index in [1.54, 1.807) is 13.8 Å². The molecule has 1 aliphatic rings. The molecule has 2 aromatic carbocycles. The highest BCUT2D eigenvalue weighted by molar-refractivity contribution is 5.96. The standard InChI is InChI=1S/C35H48N4O6/c1-21(2)17-26-31(40)36-27(19-24-13-9-7-10-14-24)32(41)38-28(20-25-15-11-8-12-16-25)35(44)45-29(18-22(3)4)33(42)39-30(23(5)6)34(43)37-26/h7-16,21-23,26-30H,17-20H2,1-6H3,(H,36,40)(H,37,43)(H,38,41)(H,39,42)/t26-,27-,28-,29-,30-/m0/s1. The molecule has 4 amide bonds. The van der Waals surface area contributed by atoms with E-state index < -0.39 is 59.9 Å². The van der Waals surface area contributed by atoms with Crippen LogP contribution in [0.4, 0.5) is 0 Å². The van der Waals surface area contributed by atoms with Crippen LogP contribution in [0, 0.1) is 17.8 Å². The molecule has 1 fully saturated rings. The van der Waals surface area contributed by atoms with E-state index in [0.717, 1.165) is 11.1 Å². The number of hydrogen-bond acceptors (Lipinski definition) is 6. The molecule has 10 heteroatoms. The lowest BCUT2D eigenvalue weighted by Crippen LogP contribution is -2.59. The summed E-state index contributed by atoms with van der Waals surface area (Å²) in [4.78, 5) is 68.5. The Kier molecular flexibility index (Phi) is 13.1. The van der Waals surface area contributed by atoms with E-state index in [2.05, 4.69) is 21.3 Å². The molecule has 0 bridgehead atoms. The third kappa shape index (κ3) is 11.0. The minimum atomic E-state index is -1.20. The second-order valence-corrected chi connectivity index (χ2v) is 13.0. The Morgan fingerprint density at radius 2 is 1.02 bits per heavy atom. The normalized spacial score (nSPS) is 23.8. The first-order valence-electron chi connectivity index (χ1n) is 15.8. The van der Waals surface area contributed by atoms with E-state index in [-0.39, 0.29) is 37.0 Å². The number of benzene rings is 2. The number of rotatable bonds is 9. The lowest BCUT2D eigenvalue weighted by molar-refractivity contribution is -0.160. The van der Waals surface area contributed by atoms with Gasteiger partial charge in [-0.1, -0.05) is 102 Å². The lowest BCUT2D eigenvalue weighted by Gasteiger charge is -2.28. The van der Waals surface area contributed by atoms with E-state index in [1.165, 1.54) is 0 Å². The van der Waals surface area contributed by atoms with Gasteiger partial charge in [-0.15, -0.1) is 0 Å². The highest BCUT2D eigenvalue weighted by atomic mass is 16.5. The monoisotopic (exact) mass is 620 g/mol. The van der Waals surface area contributed by atoms with Gasteiger partial charge in [-0.3, -0.25) is 19.2 Å². The Hall–Kier alpha value is -4.21. The van der Waals surface area contributed by atoms with Crippen LogP contribution >= 0.6 is 0 Å². The number of carbonyl (C=O) groups is 5. The maximum atomic E-state index is 13.9. The predicted octanol–water partition coefficient (Wildman–Crippen LogP) is 3.08. The molecule has 1 saturated heterocycles. The Labute approximate surface area is 266 Å². The summed E-state index contributed by atoms with van der Waals surface area (Å²) in [6.45, 7) is 11.2. The van der Waals surface area contributed by atoms with Crippen molar-refractivity contribution in [1.29, 1.82) is 0 Å². The summed E-state index contributed by atoms with van der Waals surface area (Å²) in [6, 6.07) is 14.2. The summed E-state index contributed by atoms with van der Waals surface area (Å²) < 4.78 is 5.81. The van der Waals surface area contributed by atoms with Crippen molar-refractivity contribution < 1.29 is 28.7 Å². The first-order valence-corrected chi connectivity index (χ1v) is 15.8. The van der Waals surface area contributed by atoms with Crippen molar-refractivity contribution in [3.8, 4) is 0 Å². The molecule has 1 heterocycles. The van der Waals surface area contributed by atoms with Gasteiger partial charge in [0.1, 0.15) is 24.2 Å². The summed E-state index contributed by atoms with van der Waals surface area (Å²) in [5.74, 6) is -3.35. The number of cyclic esters (lactones) is 1. The first-order chi connectivity index (χ1) is 21.3. The fourth-order valence-electron chi connectivity index (χ4n) is 5.25. The predicted molar refractivity (Wildman–Crippen MR) is 172 cm³/mol. The topological polar surface area (TPSA) is 143 Å². The van der Waals surface area contributed by atoms with Crippen molar-refractivity contribution in [3.05, 3.63) is 71.8 Å². The molecule has 0 aromatic heterocycles. The molecular weight excluding hydrogens is 572 g/mol. The second-order valence-electron chi connectivity index (χ2n) is 13.0. The molecule has 5 atom stereocenters. The van der Waals surface area contributed by atoms with Crippen molar-refractivity contribution in [2.75, 3.05) is 0 Å². The summed E-state index contributed by atoms with van der Waals surface area (Å²) >= 11 is 0. The molecule has 244 valence electrons. The largest absolute Gasteiger partial charge is 0.451 e. The minimum Gasteiger partial charge on any atom is -0.451 e. The third-order valence-electron chi connectivity index (χ3n) is 7.62. The van der Waals surface area contributed by atoms with Crippen LogP contribution < -0.4 is 21.3 Å². The van der Waals surface area contributed by atoms with Crippen molar-refractivity contribution in [1.82, 2.24) is 21.3 Å². The molecule has 3 rings (SSSR count). The molecule has 45 heavy (non-hydrogen) atoms. The fraction of sp³-hybridized carbons (Fsp3) is 0.514. The maximum absolute atomic E-state index is 13.9. The van der Waals surface area contributed by atoms with Gasteiger partial charge in [-0.05, 0) is 41.7 Å². The van der Waals surface area contributed by atoms with Crippen LogP contribution in [-0.2, 0) is 41.6 Å². The van der Waals surface area contributed by atoms with Crippen LogP contribution in [0.2, 0.25) is 0 Å². The molecule has 0 radical (unpaired) electrons. The molecule has 0 saturated carbocycles. The van der Waals surface area contributed by atoms with Crippen LogP contribution in [0.25, 0.3) is 0 Å². The number of ether oxygens (including phenoxy) is 1. The summed E-state index contributed by atoms with van der Waals surface area (Å²) in [5.41, 5.74) is 1.58. The van der Waals surface area contributed by atoms with Crippen LogP contribution in [-0.4, -0.2) is 59.9 Å². The summed E-state index contributed by atoms with van der Waals surface area (Å²) in [7, 11) is 0. The molecule has 2 aromatic rings. The number of esters is 1. The highest BCUT2D eigenvalue weighted by Gasteiger charge is 2.36. The van der Waals surface area contributed by atoms with Crippen molar-refractivity contribution in [2.24, 2.45) is 17.8 Å². The van der Waals surface area contributed by atoms with Crippen LogP contribution in [0.1, 0.15) is 65.5 Å². The molecule has 0 unspecified atom stereocenters. The van der Waals surface area contributed by atoms with E-state index in [9.17, 15) is 24.0 Å². The summed E-state index contributed by atoms with van der Waals surface area (Å²) in [6.07, 6.45) is -0.415. The van der Waals surface area contributed by atoms with E-state index in [1.807, 2.05) is 88.4 Å². The molecule has 0 aliphatic carbocycles. The summed E-state index contributed by atoms with van der Waals surface area (Å²) in [5, 5.41) is 11.2. The van der Waals surface area contributed by atoms with Gasteiger partial charge >= 0.3 is 5.97 Å². The second kappa shape index (κ2) is 16.7. The van der Waals surface area contributed by atoms with E-state index in [0.29, 0.717) is 6.42 Å². The van der Waals surface area contributed by atoms with Crippen LogP contribution in [0.5, 0.6) is 0 Å². The quantitative estimate of drug-likeness (QED) is 0.318. The Bertz CT molecular complexity index is 1250. The average molecular weight is 621 g/mol. The van der Waals surface area contributed by atoms with Gasteiger partial charge in [0.25, 0.3) is 5.91 Å². The zero-order chi connectivity index (χ0) is 33.1. The third-order valence-corrected chi connectivity index (χ3v) is 7.62. The number of carbonyl (C=O) groups excluding carboxylic acids is 5. The number of nitrogens with one attached hydrogen (secondary N) is 4. The van der Waals surface area contributed by atoms with Crippen molar-refractivity contribution in [2.45, 2.75) is 97.5 Å². The van der Waals surface area contributed by atoms with Gasteiger partial charge in [-0.25, -0.2) is 4.79 Å². The molecule has 1 aliphatic heterocycles. The van der Waals surface area contributed by atoms with Crippen molar-refractivity contribution in [3.63, 3.8) is 0 Å². The number of amides is 4. The zero-order valence-corrected chi connectivity index (χ0v) is 27.2. The Morgan fingerprint density at radius 1 is 0.556 bits per heavy atom. The first kappa shape index (κ1) is 35.3. The van der Waals surface area contributed by atoms with Gasteiger partial charge in [0.15, 0.2) is 6.10 Å². The SMILES string of the molecule is CC(C)C[C@@H]1NC(=O)[C@H](C(C)C)NC(=O)[C@H](CC(C)C)OC(=O)[C@H](Cc2ccccc2)NC(=O)[C@H](Cc2ccccc2)NC1=O. The van der Waals surface area contributed by atoms with E-state index >= 15 is 0 Å². The van der Waals surface area contributed by atoms with Gasteiger partial charge < -0.3 is 26.0 Å². The molecule has 4 N–H and O–H groups in total. The smallest absolute Gasteiger partial charge is 0.329 e. The van der Waals surface area contributed by atoms with Gasteiger partial charge in [0.2, 0.25) is 17.7 Å². The van der Waals surface area contributed by atoms with Crippen LogP contribution in [0.15, 0.2) is 60.7 Å².